The average molecular weight is 326 g/mol. The minimum Gasteiger partial charge on any atom is -0.396 e. The predicted molar refractivity (Wildman–Crippen MR) is 80.1 cm³/mol. The quantitative estimate of drug-likeness (QED) is 0.927. The van der Waals surface area contributed by atoms with E-state index >= 15 is 0 Å². The number of benzene rings is 1. The van der Waals surface area contributed by atoms with Gasteiger partial charge in [0, 0.05) is 24.0 Å². The van der Waals surface area contributed by atoms with Crippen LogP contribution >= 0.6 is 15.9 Å². The van der Waals surface area contributed by atoms with Crippen molar-refractivity contribution in [2.45, 2.75) is 25.7 Å². The van der Waals surface area contributed by atoms with Gasteiger partial charge in [-0.3, -0.25) is 4.79 Å². The summed E-state index contributed by atoms with van der Waals surface area (Å²) in [5, 5.41) is 9.14. The van der Waals surface area contributed by atoms with E-state index in [9.17, 15) is 4.79 Å². The summed E-state index contributed by atoms with van der Waals surface area (Å²) >= 11 is 3.48. The Hall–Kier alpha value is -0.870. The van der Waals surface area contributed by atoms with Crippen LogP contribution in [0.2, 0.25) is 0 Å². The number of carbonyl (C=O) groups is 1. The van der Waals surface area contributed by atoms with E-state index in [1.807, 2.05) is 31.3 Å². The van der Waals surface area contributed by atoms with Crippen molar-refractivity contribution < 1.29 is 9.90 Å². The van der Waals surface area contributed by atoms with Crippen molar-refractivity contribution in [2.24, 2.45) is 11.8 Å². The molecule has 0 aliphatic heterocycles. The third kappa shape index (κ3) is 3.37. The standard InChI is InChI=1S/C15H20BrNO2/c1-17(14-5-3-2-4-13(14)16)15(19)12-8-6-11(10-18)7-9-12/h2-5,11-12,18H,6-10H2,1H3. The van der Waals surface area contributed by atoms with Gasteiger partial charge in [-0.2, -0.15) is 0 Å². The van der Waals surface area contributed by atoms with E-state index in [2.05, 4.69) is 15.9 Å². The number of rotatable bonds is 3. The molecule has 0 atom stereocenters. The van der Waals surface area contributed by atoms with Crippen LogP contribution in [0.4, 0.5) is 5.69 Å². The first-order valence-electron chi connectivity index (χ1n) is 6.76. The summed E-state index contributed by atoms with van der Waals surface area (Å²) in [5.41, 5.74) is 0.914. The van der Waals surface area contributed by atoms with E-state index < -0.39 is 0 Å². The van der Waals surface area contributed by atoms with Crippen molar-refractivity contribution in [1.82, 2.24) is 0 Å². The molecule has 0 spiro atoms. The molecule has 0 bridgehead atoms. The minimum atomic E-state index is 0.0971. The zero-order chi connectivity index (χ0) is 13.8. The lowest BCUT2D eigenvalue weighted by Crippen LogP contribution is -2.35. The van der Waals surface area contributed by atoms with Crippen LogP contribution in [0.5, 0.6) is 0 Å². The van der Waals surface area contributed by atoms with Crippen LogP contribution in [0.1, 0.15) is 25.7 Å². The van der Waals surface area contributed by atoms with Gasteiger partial charge in [0.2, 0.25) is 5.91 Å². The van der Waals surface area contributed by atoms with Gasteiger partial charge in [0.15, 0.2) is 0 Å². The van der Waals surface area contributed by atoms with Crippen LogP contribution in [0.15, 0.2) is 28.7 Å². The number of hydrogen-bond acceptors (Lipinski definition) is 2. The number of amides is 1. The predicted octanol–water partition coefficient (Wildman–Crippen LogP) is 3.21. The molecule has 0 saturated heterocycles. The zero-order valence-corrected chi connectivity index (χ0v) is 12.8. The number of para-hydroxylation sites is 1. The van der Waals surface area contributed by atoms with E-state index in [4.69, 9.17) is 5.11 Å². The fourth-order valence-electron chi connectivity index (χ4n) is 2.71. The Bertz CT molecular complexity index is 442. The number of nitrogens with zero attached hydrogens (tertiary/aromatic N) is 1. The molecule has 2 rings (SSSR count). The summed E-state index contributed by atoms with van der Waals surface area (Å²) in [6.45, 7) is 0.251. The molecule has 1 aliphatic rings. The van der Waals surface area contributed by atoms with Gasteiger partial charge in [-0.25, -0.2) is 0 Å². The fourth-order valence-corrected chi connectivity index (χ4v) is 3.26. The monoisotopic (exact) mass is 325 g/mol. The van der Waals surface area contributed by atoms with Crippen LogP contribution in [0.25, 0.3) is 0 Å². The molecule has 1 aromatic carbocycles. The van der Waals surface area contributed by atoms with Crippen LogP contribution in [0, 0.1) is 11.8 Å². The molecular formula is C15H20BrNO2. The lowest BCUT2D eigenvalue weighted by molar-refractivity contribution is -0.123. The number of hydrogen-bond donors (Lipinski definition) is 1. The summed E-state index contributed by atoms with van der Waals surface area (Å²) in [6.07, 6.45) is 3.69. The second-order valence-corrected chi connectivity index (χ2v) is 6.10. The molecule has 0 heterocycles. The smallest absolute Gasteiger partial charge is 0.229 e. The molecular weight excluding hydrogens is 306 g/mol. The fraction of sp³-hybridized carbons (Fsp3) is 0.533. The van der Waals surface area contributed by atoms with Gasteiger partial charge in [0.05, 0.1) is 5.69 Å². The van der Waals surface area contributed by atoms with Gasteiger partial charge < -0.3 is 10.0 Å². The van der Waals surface area contributed by atoms with E-state index in [0.717, 1.165) is 35.8 Å². The molecule has 19 heavy (non-hydrogen) atoms. The molecule has 4 heteroatoms. The Kier molecular flexibility index (Phi) is 4.99. The Balaban J connectivity index is 2.02. The van der Waals surface area contributed by atoms with Crippen molar-refractivity contribution in [1.29, 1.82) is 0 Å². The lowest BCUT2D eigenvalue weighted by Gasteiger charge is -2.30. The molecule has 1 N–H and O–H groups in total. The molecule has 1 saturated carbocycles. The maximum Gasteiger partial charge on any atom is 0.229 e. The summed E-state index contributed by atoms with van der Waals surface area (Å²) in [4.78, 5) is 14.2. The van der Waals surface area contributed by atoms with E-state index in [1.165, 1.54) is 0 Å². The molecule has 0 radical (unpaired) electrons. The first-order valence-corrected chi connectivity index (χ1v) is 7.55. The second kappa shape index (κ2) is 6.53. The number of carbonyl (C=O) groups excluding carboxylic acids is 1. The summed E-state index contributed by atoms with van der Waals surface area (Å²) in [7, 11) is 1.83. The maximum absolute atomic E-state index is 12.5. The van der Waals surface area contributed by atoms with Crippen LogP contribution < -0.4 is 4.90 Å². The molecule has 1 fully saturated rings. The Morgan fingerprint density at radius 1 is 1.32 bits per heavy atom. The molecule has 1 amide bonds. The van der Waals surface area contributed by atoms with Gasteiger partial charge in [-0.1, -0.05) is 12.1 Å². The van der Waals surface area contributed by atoms with Crippen molar-refractivity contribution in [3.63, 3.8) is 0 Å². The third-order valence-corrected chi connectivity index (χ3v) is 4.67. The van der Waals surface area contributed by atoms with E-state index in [0.29, 0.717) is 5.92 Å². The summed E-state index contributed by atoms with van der Waals surface area (Å²) in [6, 6.07) is 7.77. The molecule has 0 unspecified atom stereocenters. The summed E-state index contributed by atoms with van der Waals surface area (Å²) in [5.74, 6) is 0.668. The van der Waals surface area contributed by atoms with E-state index in [-0.39, 0.29) is 18.4 Å². The van der Waals surface area contributed by atoms with Gasteiger partial charge in [-0.05, 0) is 59.7 Å². The van der Waals surface area contributed by atoms with Gasteiger partial charge in [0.25, 0.3) is 0 Å². The Morgan fingerprint density at radius 2 is 1.95 bits per heavy atom. The van der Waals surface area contributed by atoms with E-state index in [1.54, 1.807) is 4.90 Å². The Labute approximate surface area is 122 Å². The highest BCUT2D eigenvalue weighted by Crippen LogP contribution is 2.32. The van der Waals surface area contributed by atoms with Gasteiger partial charge in [-0.15, -0.1) is 0 Å². The van der Waals surface area contributed by atoms with Crippen molar-refractivity contribution >= 4 is 27.5 Å². The third-order valence-electron chi connectivity index (χ3n) is 4.00. The van der Waals surface area contributed by atoms with Gasteiger partial charge in [0.1, 0.15) is 0 Å². The van der Waals surface area contributed by atoms with Crippen molar-refractivity contribution in [2.75, 3.05) is 18.6 Å². The molecule has 1 aliphatic carbocycles. The number of aliphatic hydroxyl groups excluding tert-OH is 1. The largest absolute Gasteiger partial charge is 0.396 e. The molecule has 104 valence electrons. The number of aliphatic hydroxyl groups is 1. The zero-order valence-electron chi connectivity index (χ0n) is 11.2. The van der Waals surface area contributed by atoms with Gasteiger partial charge >= 0.3 is 0 Å². The lowest BCUT2D eigenvalue weighted by atomic mass is 9.82. The molecule has 1 aromatic rings. The topological polar surface area (TPSA) is 40.5 Å². The van der Waals surface area contributed by atoms with Crippen LogP contribution in [-0.4, -0.2) is 24.7 Å². The normalized spacial score (nSPS) is 23.1. The highest BCUT2D eigenvalue weighted by atomic mass is 79.9. The van der Waals surface area contributed by atoms with Crippen molar-refractivity contribution in [3.8, 4) is 0 Å². The highest BCUT2D eigenvalue weighted by Gasteiger charge is 2.28. The minimum absolute atomic E-state index is 0.0971. The van der Waals surface area contributed by atoms with Crippen LogP contribution in [0.3, 0.4) is 0 Å². The first-order chi connectivity index (χ1) is 9.13. The van der Waals surface area contributed by atoms with Crippen molar-refractivity contribution in [3.05, 3.63) is 28.7 Å². The SMILES string of the molecule is CN(C(=O)C1CCC(CO)CC1)c1ccccc1Br. The Morgan fingerprint density at radius 3 is 2.53 bits per heavy atom. The van der Waals surface area contributed by atoms with Crippen LogP contribution in [-0.2, 0) is 4.79 Å². The summed E-state index contributed by atoms with van der Waals surface area (Å²) < 4.78 is 0.940. The molecule has 0 aromatic heterocycles. The molecule has 3 nitrogen and oxygen atoms in total. The number of anilines is 1. The average Bonchev–Trinajstić information content (AvgIpc) is 2.46. The highest BCUT2D eigenvalue weighted by molar-refractivity contribution is 9.10. The maximum atomic E-state index is 12.5. The first kappa shape index (κ1) is 14.5. The second-order valence-electron chi connectivity index (χ2n) is 5.25. The number of halogens is 1.